The Bertz CT molecular complexity index is 290. The van der Waals surface area contributed by atoms with Gasteiger partial charge in [0.05, 0.1) is 13.2 Å². The third kappa shape index (κ3) is 4.47. The molecular formula is C10H19O5P. The number of allylic oxidation sites excluding steroid dienone is 1. The van der Waals surface area contributed by atoms with Crippen molar-refractivity contribution in [3.05, 3.63) is 12.2 Å². The number of carboxylic acids is 1. The summed E-state index contributed by atoms with van der Waals surface area (Å²) < 4.78 is 22.2. The summed E-state index contributed by atoms with van der Waals surface area (Å²) >= 11 is 0. The molecule has 1 atom stereocenters. The lowest BCUT2D eigenvalue weighted by Crippen LogP contribution is -2.23. The van der Waals surface area contributed by atoms with Crippen molar-refractivity contribution in [1.29, 1.82) is 0 Å². The highest BCUT2D eigenvalue weighted by Crippen LogP contribution is 2.54. The first-order chi connectivity index (χ1) is 7.37. The van der Waals surface area contributed by atoms with Crippen LogP contribution in [0.15, 0.2) is 12.2 Å². The van der Waals surface area contributed by atoms with Gasteiger partial charge in [0.15, 0.2) is 5.66 Å². The molecule has 1 unspecified atom stereocenters. The van der Waals surface area contributed by atoms with Crippen LogP contribution in [0, 0.1) is 0 Å². The van der Waals surface area contributed by atoms with E-state index in [1.165, 1.54) is 0 Å². The molecule has 0 rings (SSSR count). The van der Waals surface area contributed by atoms with Gasteiger partial charge in [-0.05, 0) is 27.2 Å². The summed E-state index contributed by atoms with van der Waals surface area (Å²) in [5.41, 5.74) is -0.545. The van der Waals surface area contributed by atoms with Gasteiger partial charge in [0.25, 0.3) is 0 Å². The fourth-order valence-electron chi connectivity index (χ4n) is 1.24. The summed E-state index contributed by atoms with van der Waals surface area (Å²) in [6, 6.07) is 0. The second-order valence-corrected chi connectivity index (χ2v) is 5.61. The molecule has 0 bridgehead atoms. The van der Waals surface area contributed by atoms with Crippen molar-refractivity contribution in [2.45, 2.75) is 32.9 Å². The molecule has 0 amide bonds. The van der Waals surface area contributed by atoms with E-state index < -0.39 is 19.2 Å². The Labute approximate surface area is 96.0 Å². The summed E-state index contributed by atoms with van der Waals surface area (Å²) in [7, 11) is -3.60. The second kappa shape index (κ2) is 6.84. The molecule has 0 aliphatic heterocycles. The van der Waals surface area contributed by atoms with Gasteiger partial charge in [-0.25, -0.2) is 0 Å². The van der Waals surface area contributed by atoms with Gasteiger partial charge in [-0.2, -0.15) is 0 Å². The largest absolute Gasteiger partial charge is 0.481 e. The van der Waals surface area contributed by atoms with Gasteiger partial charge in [-0.3, -0.25) is 9.36 Å². The van der Waals surface area contributed by atoms with Crippen molar-refractivity contribution in [1.82, 2.24) is 0 Å². The van der Waals surface area contributed by atoms with E-state index in [2.05, 4.69) is 6.58 Å². The first kappa shape index (κ1) is 15.4. The monoisotopic (exact) mass is 250 g/mol. The van der Waals surface area contributed by atoms with Crippen molar-refractivity contribution in [3.63, 3.8) is 0 Å². The molecule has 94 valence electrons. The second-order valence-electron chi connectivity index (χ2n) is 3.39. The number of carbonyl (C=O) groups is 1. The topological polar surface area (TPSA) is 72.8 Å². The first-order valence-electron chi connectivity index (χ1n) is 5.13. The van der Waals surface area contributed by atoms with Gasteiger partial charge >= 0.3 is 13.6 Å². The third-order valence-corrected chi connectivity index (χ3v) is 4.23. The molecule has 16 heavy (non-hydrogen) atoms. The number of aliphatic carboxylic acids is 1. The van der Waals surface area contributed by atoms with Crippen molar-refractivity contribution < 1.29 is 23.5 Å². The molecule has 5 nitrogen and oxygen atoms in total. The smallest absolute Gasteiger partial charge is 0.345 e. The molecule has 0 heterocycles. The van der Waals surface area contributed by atoms with Crippen molar-refractivity contribution in [2.24, 2.45) is 0 Å². The number of carboxylic acid groups (broad SMARTS) is 1. The lowest BCUT2D eigenvalue weighted by atomic mass is 10.2. The molecular weight excluding hydrogens is 231 g/mol. The zero-order valence-electron chi connectivity index (χ0n) is 9.93. The Hall–Kier alpha value is -0.640. The molecule has 0 aromatic carbocycles. The maximum atomic E-state index is 12.2. The average molecular weight is 250 g/mol. The number of hydrogen-bond donors (Lipinski definition) is 1. The highest BCUT2D eigenvalue weighted by atomic mass is 31.2. The van der Waals surface area contributed by atoms with E-state index in [0.29, 0.717) is 5.57 Å². The van der Waals surface area contributed by atoms with Gasteiger partial charge in [-0.15, -0.1) is 6.58 Å². The predicted molar refractivity (Wildman–Crippen MR) is 61.7 cm³/mol. The summed E-state index contributed by atoms with van der Waals surface area (Å²) in [5, 5.41) is 9.04. The van der Waals surface area contributed by atoms with Gasteiger partial charge < -0.3 is 14.2 Å². The highest BCUT2D eigenvalue weighted by molar-refractivity contribution is 7.55. The Morgan fingerprint density at radius 2 is 1.81 bits per heavy atom. The first-order valence-corrected chi connectivity index (χ1v) is 6.74. The minimum absolute atomic E-state index is 0.0899. The van der Waals surface area contributed by atoms with Gasteiger partial charge in [-0.1, -0.05) is 5.57 Å². The Balaban J connectivity index is 5.01. The van der Waals surface area contributed by atoms with E-state index in [4.69, 9.17) is 14.2 Å². The molecule has 0 aromatic rings. The predicted octanol–water partition coefficient (Wildman–Crippen LogP) is 2.67. The van der Waals surface area contributed by atoms with Gasteiger partial charge in [0.2, 0.25) is 0 Å². The average Bonchev–Trinajstić information content (AvgIpc) is 2.14. The standard InChI is InChI=1S/C10H19O5P/c1-5-14-16(13,15-6-2)9(10(11)12)7-8(3)4/h9H,3,5-7H2,1-2,4H3,(H,11,12). The Kier molecular flexibility index (Phi) is 6.56. The Morgan fingerprint density at radius 3 is 2.06 bits per heavy atom. The van der Waals surface area contributed by atoms with Crippen molar-refractivity contribution >= 4 is 13.6 Å². The van der Waals surface area contributed by atoms with Crippen LogP contribution in [-0.4, -0.2) is 29.9 Å². The van der Waals surface area contributed by atoms with Crippen LogP contribution in [0.2, 0.25) is 0 Å². The van der Waals surface area contributed by atoms with Crippen LogP contribution in [0.25, 0.3) is 0 Å². The fraction of sp³-hybridized carbons (Fsp3) is 0.700. The van der Waals surface area contributed by atoms with E-state index >= 15 is 0 Å². The molecule has 0 radical (unpaired) electrons. The maximum Gasteiger partial charge on any atom is 0.345 e. The lowest BCUT2D eigenvalue weighted by molar-refractivity contribution is -0.137. The van der Waals surface area contributed by atoms with E-state index in [-0.39, 0.29) is 19.6 Å². The van der Waals surface area contributed by atoms with Crippen LogP contribution in [0.3, 0.4) is 0 Å². The summed E-state index contributed by atoms with van der Waals surface area (Å²) in [6.45, 7) is 8.88. The van der Waals surface area contributed by atoms with Crippen molar-refractivity contribution in [3.8, 4) is 0 Å². The van der Waals surface area contributed by atoms with Crippen LogP contribution in [0.5, 0.6) is 0 Å². The molecule has 0 saturated carbocycles. The third-order valence-electron chi connectivity index (χ3n) is 1.83. The minimum Gasteiger partial charge on any atom is -0.481 e. The van der Waals surface area contributed by atoms with Crippen LogP contribution >= 0.6 is 7.60 Å². The molecule has 0 spiro atoms. The maximum absolute atomic E-state index is 12.2. The zero-order chi connectivity index (χ0) is 12.8. The van der Waals surface area contributed by atoms with E-state index in [1.54, 1.807) is 20.8 Å². The van der Waals surface area contributed by atoms with Gasteiger partial charge in [0, 0.05) is 0 Å². The number of rotatable bonds is 8. The fourth-order valence-corrected chi connectivity index (χ4v) is 3.20. The van der Waals surface area contributed by atoms with Crippen molar-refractivity contribution in [2.75, 3.05) is 13.2 Å². The lowest BCUT2D eigenvalue weighted by Gasteiger charge is -2.23. The summed E-state index contributed by atoms with van der Waals surface area (Å²) in [6.07, 6.45) is 0.0899. The molecule has 0 aliphatic carbocycles. The SMILES string of the molecule is C=C(C)CC(C(=O)O)P(=O)(OCC)OCC. The molecule has 0 aliphatic rings. The Morgan fingerprint density at radius 1 is 1.38 bits per heavy atom. The normalized spacial score (nSPS) is 13.4. The van der Waals surface area contributed by atoms with E-state index in [9.17, 15) is 9.36 Å². The molecule has 6 heteroatoms. The number of hydrogen-bond acceptors (Lipinski definition) is 4. The van der Waals surface area contributed by atoms with E-state index in [0.717, 1.165) is 0 Å². The van der Waals surface area contributed by atoms with Gasteiger partial charge in [0.1, 0.15) is 0 Å². The van der Waals surface area contributed by atoms with Crippen LogP contribution in [-0.2, 0) is 18.4 Å². The highest BCUT2D eigenvalue weighted by Gasteiger charge is 2.40. The molecule has 0 aromatic heterocycles. The molecule has 0 saturated heterocycles. The van der Waals surface area contributed by atoms with Crippen LogP contribution < -0.4 is 0 Å². The summed E-state index contributed by atoms with van der Waals surface area (Å²) in [5.74, 6) is -1.19. The molecule has 0 fully saturated rings. The van der Waals surface area contributed by atoms with Crippen LogP contribution in [0.4, 0.5) is 0 Å². The zero-order valence-corrected chi connectivity index (χ0v) is 10.8. The molecule has 1 N–H and O–H groups in total. The van der Waals surface area contributed by atoms with E-state index in [1.807, 2.05) is 0 Å². The minimum atomic E-state index is -3.60. The quantitative estimate of drug-likeness (QED) is 0.529. The summed E-state index contributed by atoms with van der Waals surface area (Å²) in [4.78, 5) is 11.1. The van der Waals surface area contributed by atoms with Crippen LogP contribution in [0.1, 0.15) is 27.2 Å².